The monoisotopic (exact) mass is 390 g/mol. The lowest BCUT2D eigenvalue weighted by Gasteiger charge is -2.13. The molecule has 1 aromatic carbocycles. The summed E-state index contributed by atoms with van der Waals surface area (Å²) in [6.07, 6.45) is 3.31. The van der Waals surface area contributed by atoms with Crippen molar-refractivity contribution in [3.05, 3.63) is 74.7 Å². The predicted octanol–water partition coefficient (Wildman–Crippen LogP) is 3.93. The van der Waals surface area contributed by atoms with Gasteiger partial charge in [0.15, 0.2) is 0 Å². The predicted molar refractivity (Wildman–Crippen MR) is 112 cm³/mol. The number of hydrogen-bond donors (Lipinski definition) is 1. The van der Waals surface area contributed by atoms with Crippen molar-refractivity contribution in [3.8, 4) is 11.1 Å². The second-order valence-electron chi connectivity index (χ2n) is 6.66. The molecule has 3 heterocycles. The van der Waals surface area contributed by atoms with E-state index in [4.69, 9.17) is 0 Å². The molecule has 1 N–H and O–H groups in total. The maximum absolute atomic E-state index is 13.0. The number of carbonyl (C=O) groups is 1. The number of pyridine rings is 2. The van der Waals surface area contributed by atoms with Gasteiger partial charge in [-0.15, -0.1) is 11.3 Å². The molecule has 0 aliphatic carbocycles. The summed E-state index contributed by atoms with van der Waals surface area (Å²) in [5.74, 6) is -0.219. The van der Waals surface area contributed by atoms with E-state index in [2.05, 4.69) is 15.3 Å². The molecule has 4 aromatic rings. The molecular weight excluding hydrogens is 372 g/mol. The van der Waals surface area contributed by atoms with Gasteiger partial charge in [-0.05, 0) is 49.2 Å². The van der Waals surface area contributed by atoms with Gasteiger partial charge in [0, 0.05) is 35.6 Å². The van der Waals surface area contributed by atoms with Gasteiger partial charge in [-0.3, -0.25) is 19.6 Å². The Kier molecular flexibility index (Phi) is 4.52. The Hall–Kier alpha value is -3.32. The first kappa shape index (κ1) is 18.1. The van der Waals surface area contributed by atoms with Crippen LogP contribution in [-0.4, -0.2) is 20.4 Å². The molecule has 4 rings (SSSR count). The van der Waals surface area contributed by atoms with Gasteiger partial charge in [0.1, 0.15) is 4.88 Å². The number of anilines is 1. The van der Waals surface area contributed by atoms with Gasteiger partial charge in [-0.2, -0.15) is 0 Å². The molecule has 0 bridgehead atoms. The highest BCUT2D eigenvalue weighted by molar-refractivity contribution is 7.11. The van der Waals surface area contributed by atoms with Crippen LogP contribution in [0.1, 0.15) is 20.9 Å². The third kappa shape index (κ3) is 3.20. The third-order valence-electron chi connectivity index (χ3n) is 4.69. The molecule has 0 radical (unpaired) electrons. The van der Waals surface area contributed by atoms with Crippen molar-refractivity contribution < 1.29 is 4.79 Å². The molecule has 0 aliphatic rings. The summed E-state index contributed by atoms with van der Waals surface area (Å²) in [6, 6.07) is 9.32. The number of carbonyl (C=O) groups excluding carboxylic acids is 1. The number of hydrogen-bond acceptors (Lipinski definition) is 5. The Morgan fingerprint density at radius 3 is 2.68 bits per heavy atom. The molecule has 0 atom stereocenters. The average molecular weight is 390 g/mol. The second-order valence-corrected chi connectivity index (χ2v) is 7.54. The average Bonchev–Trinajstić information content (AvgIpc) is 3.22. The van der Waals surface area contributed by atoms with E-state index in [0.717, 1.165) is 27.7 Å². The molecule has 140 valence electrons. The summed E-state index contributed by atoms with van der Waals surface area (Å²) >= 11 is 1.28. The van der Waals surface area contributed by atoms with Crippen LogP contribution in [-0.2, 0) is 7.05 Å². The summed E-state index contributed by atoms with van der Waals surface area (Å²) in [7, 11) is 1.76. The molecule has 0 aliphatic heterocycles. The Morgan fingerprint density at radius 2 is 1.93 bits per heavy atom. The van der Waals surface area contributed by atoms with Gasteiger partial charge in [-0.1, -0.05) is 6.07 Å². The van der Waals surface area contributed by atoms with Gasteiger partial charge in [0.05, 0.1) is 17.2 Å². The van der Waals surface area contributed by atoms with Crippen LogP contribution in [0.3, 0.4) is 0 Å². The van der Waals surface area contributed by atoms with Crippen LogP contribution in [0.4, 0.5) is 5.69 Å². The SMILES string of the molecule is Cc1cc2c(cn1)cc(-c1cc(NC(=O)c3cncs3)ccc1C)c(=O)n2C. The Labute approximate surface area is 165 Å². The van der Waals surface area contributed by atoms with Crippen molar-refractivity contribution in [3.63, 3.8) is 0 Å². The van der Waals surface area contributed by atoms with Crippen molar-refractivity contribution >= 4 is 33.8 Å². The topological polar surface area (TPSA) is 76.9 Å². The normalized spacial score (nSPS) is 11.0. The molecule has 28 heavy (non-hydrogen) atoms. The fourth-order valence-corrected chi connectivity index (χ4v) is 3.68. The molecule has 0 saturated heterocycles. The van der Waals surface area contributed by atoms with E-state index >= 15 is 0 Å². The van der Waals surface area contributed by atoms with E-state index < -0.39 is 0 Å². The number of nitrogens with zero attached hydrogens (tertiary/aromatic N) is 3. The van der Waals surface area contributed by atoms with Crippen LogP contribution in [0.15, 0.2) is 53.0 Å². The lowest BCUT2D eigenvalue weighted by atomic mass is 9.99. The van der Waals surface area contributed by atoms with E-state index in [-0.39, 0.29) is 11.5 Å². The minimum atomic E-state index is -0.219. The maximum Gasteiger partial charge on any atom is 0.267 e. The lowest BCUT2D eigenvalue weighted by Crippen LogP contribution is -2.19. The summed E-state index contributed by atoms with van der Waals surface area (Å²) in [5.41, 5.74) is 6.16. The number of amides is 1. The Bertz CT molecular complexity index is 1260. The summed E-state index contributed by atoms with van der Waals surface area (Å²) < 4.78 is 1.64. The van der Waals surface area contributed by atoms with Crippen LogP contribution in [0, 0.1) is 13.8 Å². The highest BCUT2D eigenvalue weighted by atomic mass is 32.1. The number of nitrogens with one attached hydrogen (secondary N) is 1. The van der Waals surface area contributed by atoms with Gasteiger partial charge in [0.2, 0.25) is 0 Å². The van der Waals surface area contributed by atoms with E-state index in [1.54, 1.807) is 23.3 Å². The summed E-state index contributed by atoms with van der Waals surface area (Å²) in [4.78, 5) is 34.1. The van der Waals surface area contributed by atoms with Crippen LogP contribution in [0.2, 0.25) is 0 Å². The fraction of sp³-hybridized carbons (Fsp3) is 0.143. The van der Waals surface area contributed by atoms with Crippen molar-refractivity contribution in [2.24, 2.45) is 7.05 Å². The number of aromatic nitrogens is 3. The van der Waals surface area contributed by atoms with Crippen LogP contribution in [0.25, 0.3) is 22.0 Å². The Morgan fingerprint density at radius 1 is 1.11 bits per heavy atom. The highest BCUT2D eigenvalue weighted by Gasteiger charge is 2.14. The third-order valence-corrected chi connectivity index (χ3v) is 5.46. The van der Waals surface area contributed by atoms with E-state index in [9.17, 15) is 9.59 Å². The zero-order chi connectivity index (χ0) is 19.8. The molecule has 0 saturated carbocycles. The van der Waals surface area contributed by atoms with Crippen molar-refractivity contribution in [1.82, 2.24) is 14.5 Å². The summed E-state index contributed by atoms with van der Waals surface area (Å²) in [5, 5.41) is 3.76. The number of benzene rings is 1. The van der Waals surface area contributed by atoms with Crippen molar-refractivity contribution in [2.75, 3.05) is 5.32 Å². The first-order valence-corrected chi connectivity index (χ1v) is 9.59. The van der Waals surface area contributed by atoms with E-state index in [1.807, 2.05) is 44.2 Å². The molecule has 1 amide bonds. The second kappa shape index (κ2) is 7.01. The molecule has 7 heteroatoms. The van der Waals surface area contributed by atoms with Crippen LogP contribution in [0.5, 0.6) is 0 Å². The molecule has 0 fully saturated rings. The zero-order valence-corrected chi connectivity index (χ0v) is 16.5. The maximum atomic E-state index is 13.0. The van der Waals surface area contributed by atoms with Gasteiger partial charge in [0.25, 0.3) is 11.5 Å². The number of fused-ring (bicyclic) bond motifs is 1. The van der Waals surface area contributed by atoms with Crippen molar-refractivity contribution in [1.29, 1.82) is 0 Å². The quantitative estimate of drug-likeness (QED) is 0.575. The minimum Gasteiger partial charge on any atom is -0.321 e. The fourth-order valence-electron chi connectivity index (χ4n) is 3.17. The lowest BCUT2D eigenvalue weighted by molar-refractivity contribution is 0.103. The van der Waals surface area contributed by atoms with E-state index in [0.29, 0.717) is 16.1 Å². The van der Waals surface area contributed by atoms with E-state index in [1.165, 1.54) is 17.5 Å². The van der Waals surface area contributed by atoms with Crippen LogP contribution >= 0.6 is 11.3 Å². The zero-order valence-electron chi connectivity index (χ0n) is 15.7. The first-order chi connectivity index (χ1) is 13.4. The smallest absolute Gasteiger partial charge is 0.267 e. The summed E-state index contributed by atoms with van der Waals surface area (Å²) in [6.45, 7) is 3.85. The molecule has 6 nitrogen and oxygen atoms in total. The van der Waals surface area contributed by atoms with Gasteiger partial charge >= 0.3 is 0 Å². The highest BCUT2D eigenvalue weighted by Crippen LogP contribution is 2.27. The van der Waals surface area contributed by atoms with Crippen molar-refractivity contribution in [2.45, 2.75) is 13.8 Å². The standard InChI is InChI=1S/C21H18N4O2S/c1-12-4-5-15(24-20(26)19-10-22-11-28-19)8-16(12)17-7-14-9-23-13(2)6-18(14)25(3)21(17)27/h4-11H,1-3H3,(H,24,26). The minimum absolute atomic E-state index is 0.0906. The molecule has 0 unspecified atom stereocenters. The van der Waals surface area contributed by atoms with Crippen LogP contribution < -0.4 is 10.9 Å². The number of aryl methyl sites for hydroxylation is 3. The number of thiazole rings is 1. The first-order valence-electron chi connectivity index (χ1n) is 8.71. The van der Waals surface area contributed by atoms with Gasteiger partial charge < -0.3 is 9.88 Å². The van der Waals surface area contributed by atoms with Gasteiger partial charge in [-0.25, -0.2) is 0 Å². The molecular formula is C21H18N4O2S. The largest absolute Gasteiger partial charge is 0.321 e. The molecule has 0 spiro atoms. The Balaban J connectivity index is 1.81. The number of rotatable bonds is 3. The molecule has 3 aromatic heterocycles.